The number of anilines is 1. The van der Waals surface area contributed by atoms with Gasteiger partial charge in [0, 0.05) is 49.5 Å². The fourth-order valence-corrected chi connectivity index (χ4v) is 4.86. The number of methoxy groups -OCH3 is 1. The average molecular weight is 431 g/mol. The molecule has 172 valence electrons. The van der Waals surface area contributed by atoms with Crippen molar-refractivity contribution in [1.29, 1.82) is 0 Å². The van der Waals surface area contributed by atoms with Crippen LogP contribution < -0.4 is 10.2 Å². The van der Waals surface area contributed by atoms with Gasteiger partial charge in [-0.25, -0.2) is 0 Å². The topological polar surface area (TPSA) is 65.1 Å². The molecule has 1 aromatic rings. The number of likely N-dealkylation sites (tertiary alicyclic amines) is 1. The average Bonchev–Trinajstić information content (AvgIpc) is 3.26. The van der Waals surface area contributed by atoms with Gasteiger partial charge in [-0.2, -0.15) is 0 Å². The number of nitrogens with one attached hydrogen (secondary N) is 1. The number of ether oxygens (including phenoxy) is 1. The maximum Gasteiger partial charge on any atom is 0.323 e. The predicted molar refractivity (Wildman–Crippen MR) is 123 cm³/mol. The summed E-state index contributed by atoms with van der Waals surface area (Å²) in [4.78, 5) is 32.3. The zero-order valence-electron chi connectivity index (χ0n) is 19.6. The van der Waals surface area contributed by atoms with E-state index < -0.39 is 0 Å². The lowest BCUT2D eigenvalue weighted by Gasteiger charge is -2.37. The smallest absolute Gasteiger partial charge is 0.323 e. The molecule has 0 saturated carbocycles. The van der Waals surface area contributed by atoms with Gasteiger partial charge in [0.05, 0.1) is 7.11 Å². The summed E-state index contributed by atoms with van der Waals surface area (Å²) in [5.74, 6) is -0.00735. The number of hydrogen-bond acceptors (Lipinski definition) is 6. The monoisotopic (exact) mass is 430 g/mol. The predicted octanol–water partition coefficient (Wildman–Crippen LogP) is 2.22. The Kier molecular flexibility index (Phi) is 7.94. The summed E-state index contributed by atoms with van der Waals surface area (Å²) in [5.41, 5.74) is 1.78. The molecule has 0 spiro atoms. The number of rotatable bonds is 7. The van der Waals surface area contributed by atoms with Crippen molar-refractivity contribution in [3.8, 4) is 0 Å². The van der Waals surface area contributed by atoms with Crippen LogP contribution in [0, 0.1) is 5.92 Å². The first-order chi connectivity index (χ1) is 14.8. The number of esters is 1. The quantitative estimate of drug-likeness (QED) is 0.669. The second-order valence-corrected chi connectivity index (χ2v) is 9.24. The van der Waals surface area contributed by atoms with E-state index in [1.54, 1.807) is 0 Å². The van der Waals surface area contributed by atoms with Crippen LogP contribution >= 0.6 is 0 Å². The number of hydrogen-bond donors (Lipinski definition) is 1. The Morgan fingerprint density at radius 2 is 1.81 bits per heavy atom. The van der Waals surface area contributed by atoms with Gasteiger partial charge in [-0.15, -0.1) is 0 Å². The van der Waals surface area contributed by atoms with Crippen molar-refractivity contribution in [3.63, 3.8) is 0 Å². The molecule has 3 rings (SSSR count). The normalized spacial score (nSPS) is 22.4. The van der Waals surface area contributed by atoms with Gasteiger partial charge < -0.3 is 19.9 Å². The minimum atomic E-state index is -0.223. The molecule has 3 atom stereocenters. The van der Waals surface area contributed by atoms with E-state index in [9.17, 15) is 9.59 Å². The minimum Gasteiger partial charge on any atom is -0.468 e. The summed E-state index contributed by atoms with van der Waals surface area (Å²) < 4.78 is 5.01. The summed E-state index contributed by atoms with van der Waals surface area (Å²) in [6.07, 6.45) is 1.78. The zero-order valence-corrected chi connectivity index (χ0v) is 19.6. The molecule has 2 saturated heterocycles. The van der Waals surface area contributed by atoms with Crippen molar-refractivity contribution in [2.45, 2.75) is 51.7 Å². The molecule has 0 aliphatic carbocycles. The number of nitrogens with zero attached hydrogens (tertiary/aromatic N) is 3. The number of likely N-dealkylation sites (N-methyl/N-ethyl adjacent to an activating group) is 1. The Bertz CT molecular complexity index is 761. The van der Waals surface area contributed by atoms with Gasteiger partial charge in [0.2, 0.25) is 0 Å². The van der Waals surface area contributed by atoms with E-state index in [2.05, 4.69) is 53.9 Å². The van der Waals surface area contributed by atoms with Gasteiger partial charge in [0.1, 0.15) is 6.04 Å². The van der Waals surface area contributed by atoms with Gasteiger partial charge in [0.25, 0.3) is 5.91 Å². The number of benzene rings is 1. The fraction of sp³-hybridized carbons (Fsp3) is 0.667. The van der Waals surface area contributed by atoms with Crippen LogP contribution in [0.5, 0.6) is 0 Å². The van der Waals surface area contributed by atoms with Crippen LogP contribution in [0.25, 0.3) is 0 Å². The molecule has 2 aliphatic rings. The van der Waals surface area contributed by atoms with E-state index in [1.165, 1.54) is 7.11 Å². The SMILES string of the molecule is COC(=O)[C@@H]1CCCN1C(C)C(NC(=O)c1cccc(N2CCN(C)CC2)c1)C(C)C. The third-order valence-electron chi connectivity index (χ3n) is 6.80. The zero-order chi connectivity index (χ0) is 22.5. The van der Waals surface area contributed by atoms with Crippen molar-refractivity contribution in [2.75, 3.05) is 51.8 Å². The van der Waals surface area contributed by atoms with Crippen molar-refractivity contribution >= 4 is 17.6 Å². The number of carbonyl (C=O) groups is 2. The van der Waals surface area contributed by atoms with Crippen LogP contribution in [-0.4, -0.2) is 86.7 Å². The van der Waals surface area contributed by atoms with Crippen molar-refractivity contribution in [3.05, 3.63) is 29.8 Å². The first-order valence-corrected chi connectivity index (χ1v) is 11.5. The molecular weight excluding hydrogens is 392 g/mol. The highest BCUT2D eigenvalue weighted by molar-refractivity contribution is 5.95. The molecule has 0 aromatic heterocycles. The second kappa shape index (κ2) is 10.5. The van der Waals surface area contributed by atoms with Crippen molar-refractivity contribution < 1.29 is 14.3 Å². The molecule has 7 heteroatoms. The molecule has 1 amide bonds. The Hall–Kier alpha value is -2.12. The molecular formula is C24H38N4O3. The molecule has 2 aliphatic heterocycles. The van der Waals surface area contributed by atoms with Gasteiger partial charge in [-0.3, -0.25) is 14.5 Å². The van der Waals surface area contributed by atoms with Crippen LogP contribution in [0.3, 0.4) is 0 Å². The summed E-state index contributed by atoms with van der Waals surface area (Å²) in [7, 11) is 3.58. The van der Waals surface area contributed by atoms with E-state index in [0.29, 0.717) is 5.56 Å². The lowest BCUT2D eigenvalue weighted by Crippen LogP contribution is -2.55. The lowest BCUT2D eigenvalue weighted by molar-refractivity contribution is -0.146. The molecule has 1 aromatic carbocycles. The van der Waals surface area contributed by atoms with Crippen molar-refractivity contribution in [1.82, 2.24) is 15.1 Å². The third kappa shape index (κ3) is 5.57. The highest BCUT2D eigenvalue weighted by Gasteiger charge is 2.38. The van der Waals surface area contributed by atoms with E-state index in [1.807, 2.05) is 18.2 Å². The standard InChI is InChI=1S/C24H38N4O3/c1-17(2)22(18(3)28-11-7-10-21(28)24(30)31-5)25-23(29)19-8-6-9-20(16-19)27-14-12-26(4)13-15-27/h6,8-9,16-18,21-22H,7,10-15H2,1-5H3,(H,25,29)/t18?,21-,22?/m0/s1. The van der Waals surface area contributed by atoms with E-state index >= 15 is 0 Å². The van der Waals surface area contributed by atoms with Crippen molar-refractivity contribution in [2.24, 2.45) is 5.92 Å². The first kappa shape index (κ1) is 23.5. The second-order valence-electron chi connectivity index (χ2n) is 9.24. The maximum atomic E-state index is 13.2. The number of amides is 1. The Labute approximate surface area is 186 Å². The molecule has 0 radical (unpaired) electrons. The van der Waals surface area contributed by atoms with E-state index in [4.69, 9.17) is 4.74 Å². The lowest BCUT2D eigenvalue weighted by atomic mass is 9.95. The fourth-order valence-electron chi connectivity index (χ4n) is 4.86. The molecule has 7 nitrogen and oxygen atoms in total. The van der Waals surface area contributed by atoms with Gasteiger partial charge in [-0.05, 0) is 57.5 Å². The summed E-state index contributed by atoms with van der Waals surface area (Å²) >= 11 is 0. The van der Waals surface area contributed by atoms with E-state index in [0.717, 1.165) is 51.3 Å². The molecule has 1 N–H and O–H groups in total. The van der Waals surface area contributed by atoms with Gasteiger partial charge in [0.15, 0.2) is 0 Å². The Morgan fingerprint density at radius 3 is 2.45 bits per heavy atom. The van der Waals surface area contributed by atoms with Crippen LogP contribution in [0.4, 0.5) is 5.69 Å². The Morgan fingerprint density at radius 1 is 1.10 bits per heavy atom. The highest BCUT2D eigenvalue weighted by atomic mass is 16.5. The molecule has 2 unspecified atom stereocenters. The van der Waals surface area contributed by atoms with Crippen LogP contribution in [0.2, 0.25) is 0 Å². The number of carbonyl (C=O) groups excluding carboxylic acids is 2. The third-order valence-corrected chi connectivity index (χ3v) is 6.80. The van der Waals surface area contributed by atoms with Gasteiger partial charge >= 0.3 is 5.97 Å². The minimum absolute atomic E-state index is 0.0383. The van der Waals surface area contributed by atoms with E-state index in [-0.39, 0.29) is 35.9 Å². The Balaban J connectivity index is 1.71. The molecule has 2 fully saturated rings. The largest absolute Gasteiger partial charge is 0.468 e. The summed E-state index contributed by atoms with van der Waals surface area (Å²) in [6.45, 7) is 11.2. The highest BCUT2D eigenvalue weighted by Crippen LogP contribution is 2.25. The van der Waals surface area contributed by atoms with Crippen LogP contribution in [0.15, 0.2) is 24.3 Å². The van der Waals surface area contributed by atoms with Crippen LogP contribution in [0.1, 0.15) is 44.0 Å². The molecule has 0 bridgehead atoms. The van der Waals surface area contributed by atoms with Gasteiger partial charge in [-0.1, -0.05) is 19.9 Å². The molecule has 31 heavy (non-hydrogen) atoms. The summed E-state index contributed by atoms with van der Waals surface area (Å²) in [6, 6.07) is 7.67. The number of piperazine rings is 1. The molecule has 2 heterocycles. The van der Waals surface area contributed by atoms with Crippen LogP contribution in [-0.2, 0) is 9.53 Å². The summed E-state index contributed by atoms with van der Waals surface area (Å²) in [5, 5.41) is 3.26. The maximum absolute atomic E-state index is 13.2. The first-order valence-electron chi connectivity index (χ1n) is 11.5.